The third-order valence-electron chi connectivity index (χ3n) is 1.99. The maximum absolute atomic E-state index is 11.4. The molecule has 0 fully saturated rings. The Balaban J connectivity index is 3.72. The second-order valence-electron chi connectivity index (χ2n) is 3.02. The Morgan fingerprint density at radius 3 is 2.54 bits per heavy atom. The number of hydrogen-bond donors (Lipinski definition) is 0. The molecule has 0 aliphatic heterocycles. The van der Waals surface area contributed by atoms with E-state index in [1.807, 2.05) is 13.0 Å². The SMILES string of the molecule is CCCCCC(=O)N(CC)CC#N. The molecule has 0 aliphatic carbocycles. The van der Waals surface area contributed by atoms with Crippen LogP contribution >= 0.6 is 0 Å². The van der Waals surface area contributed by atoms with Crippen LogP contribution in [-0.2, 0) is 4.79 Å². The van der Waals surface area contributed by atoms with Crippen molar-refractivity contribution in [2.24, 2.45) is 0 Å². The maximum atomic E-state index is 11.4. The molecule has 0 aromatic heterocycles. The summed E-state index contributed by atoms with van der Waals surface area (Å²) in [5.74, 6) is 0.109. The molecular weight excluding hydrogens is 164 g/mol. The van der Waals surface area contributed by atoms with Gasteiger partial charge in [0, 0.05) is 13.0 Å². The number of hydrogen-bond acceptors (Lipinski definition) is 2. The van der Waals surface area contributed by atoms with Gasteiger partial charge in [-0.05, 0) is 13.3 Å². The smallest absolute Gasteiger partial charge is 0.223 e. The highest BCUT2D eigenvalue weighted by Gasteiger charge is 2.09. The number of nitriles is 1. The standard InChI is InChI=1S/C10H18N2O/c1-3-5-6-7-10(13)12(4-2)9-8-11/h3-7,9H2,1-2H3. The van der Waals surface area contributed by atoms with E-state index in [2.05, 4.69) is 6.92 Å². The molecule has 0 saturated heterocycles. The summed E-state index contributed by atoms with van der Waals surface area (Å²) < 4.78 is 0. The minimum absolute atomic E-state index is 0.109. The van der Waals surface area contributed by atoms with Gasteiger partial charge in [0.15, 0.2) is 0 Å². The van der Waals surface area contributed by atoms with E-state index >= 15 is 0 Å². The van der Waals surface area contributed by atoms with Gasteiger partial charge in [-0.3, -0.25) is 4.79 Å². The summed E-state index contributed by atoms with van der Waals surface area (Å²) in [5.41, 5.74) is 0. The van der Waals surface area contributed by atoms with Crippen LogP contribution in [0.25, 0.3) is 0 Å². The van der Waals surface area contributed by atoms with E-state index in [-0.39, 0.29) is 12.5 Å². The highest BCUT2D eigenvalue weighted by molar-refractivity contribution is 5.76. The Bertz CT molecular complexity index is 184. The van der Waals surface area contributed by atoms with Crippen molar-refractivity contribution >= 4 is 5.91 Å². The summed E-state index contributed by atoms with van der Waals surface area (Å²) in [6.45, 7) is 4.87. The van der Waals surface area contributed by atoms with Gasteiger partial charge in [0.2, 0.25) is 5.91 Å². The highest BCUT2D eigenvalue weighted by atomic mass is 16.2. The van der Waals surface area contributed by atoms with Crippen molar-refractivity contribution in [3.05, 3.63) is 0 Å². The molecule has 0 radical (unpaired) electrons. The van der Waals surface area contributed by atoms with E-state index in [0.717, 1.165) is 19.3 Å². The Hall–Kier alpha value is -1.04. The first-order chi connectivity index (χ1) is 6.26. The molecule has 74 valence electrons. The lowest BCUT2D eigenvalue weighted by molar-refractivity contribution is -0.130. The third kappa shape index (κ3) is 5.24. The molecule has 0 aromatic rings. The van der Waals surface area contributed by atoms with Crippen molar-refractivity contribution in [2.75, 3.05) is 13.1 Å². The Morgan fingerprint density at radius 1 is 1.38 bits per heavy atom. The second kappa shape index (κ2) is 7.60. The van der Waals surface area contributed by atoms with Crippen LogP contribution in [0, 0.1) is 11.3 Å². The molecule has 3 nitrogen and oxygen atoms in total. The monoisotopic (exact) mass is 182 g/mol. The van der Waals surface area contributed by atoms with Crippen molar-refractivity contribution in [1.29, 1.82) is 5.26 Å². The van der Waals surface area contributed by atoms with Gasteiger partial charge in [-0.15, -0.1) is 0 Å². The molecule has 3 heteroatoms. The average molecular weight is 182 g/mol. The molecule has 1 amide bonds. The molecule has 0 spiro atoms. The summed E-state index contributed by atoms with van der Waals surface area (Å²) in [4.78, 5) is 13.0. The van der Waals surface area contributed by atoms with Crippen LogP contribution in [0.15, 0.2) is 0 Å². The predicted octanol–water partition coefficient (Wildman–Crippen LogP) is 1.94. The fourth-order valence-corrected chi connectivity index (χ4v) is 1.15. The lowest BCUT2D eigenvalue weighted by Crippen LogP contribution is -2.30. The largest absolute Gasteiger partial charge is 0.330 e. The van der Waals surface area contributed by atoms with Crippen molar-refractivity contribution < 1.29 is 4.79 Å². The molecule has 0 heterocycles. The van der Waals surface area contributed by atoms with E-state index in [1.165, 1.54) is 0 Å². The molecule has 0 atom stereocenters. The first-order valence-electron chi connectivity index (χ1n) is 4.91. The van der Waals surface area contributed by atoms with Gasteiger partial charge in [-0.2, -0.15) is 5.26 Å². The zero-order valence-corrected chi connectivity index (χ0v) is 8.55. The van der Waals surface area contributed by atoms with Crippen molar-refractivity contribution in [3.8, 4) is 6.07 Å². The molecule has 0 rings (SSSR count). The fraction of sp³-hybridized carbons (Fsp3) is 0.800. The van der Waals surface area contributed by atoms with E-state index in [0.29, 0.717) is 13.0 Å². The lowest BCUT2D eigenvalue weighted by atomic mass is 10.2. The summed E-state index contributed by atoms with van der Waals surface area (Å²) in [5, 5.41) is 8.44. The first-order valence-corrected chi connectivity index (χ1v) is 4.91. The Morgan fingerprint density at radius 2 is 2.08 bits per heavy atom. The van der Waals surface area contributed by atoms with Crippen LogP contribution in [-0.4, -0.2) is 23.9 Å². The normalized spacial score (nSPS) is 9.31. The number of unbranched alkanes of at least 4 members (excludes halogenated alkanes) is 2. The molecule has 0 aromatic carbocycles. The molecule has 0 bridgehead atoms. The quantitative estimate of drug-likeness (QED) is 0.465. The Labute approximate surface area is 80.3 Å². The molecule has 0 unspecified atom stereocenters. The maximum Gasteiger partial charge on any atom is 0.223 e. The van der Waals surface area contributed by atoms with Crippen LogP contribution < -0.4 is 0 Å². The van der Waals surface area contributed by atoms with Crippen LogP contribution in [0.2, 0.25) is 0 Å². The number of nitrogens with zero attached hydrogens (tertiary/aromatic N) is 2. The van der Waals surface area contributed by atoms with E-state index in [4.69, 9.17) is 5.26 Å². The molecular formula is C10H18N2O. The zero-order valence-electron chi connectivity index (χ0n) is 8.55. The van der Waals surface area contributed by atoms with Gasteiger partial charge in [0.05, 0.1) is 6.07 Å². The molecule has 0 N–H and O–H groups in total. The van der Waals surface area contributed by atoms with Gasteiger partial charge in [-0.25, -0.2) is 0 Å². The Kier molecular flexibility index (Phi) is 6.99. The number of carbonyl (C=O) groups excluding carboxylic acids is 1. The van der Waals surface area contributed by atoms with Crippen molar-refractivity contribution in [3.63, 3.8) is 0 Å². The van der Waals surface area contributed by atoms with Crippen LogP contribution in [0.4, 0.5) is 0 Å². The van der Waals surface area contributed by atoms with E-state index in [9.17, 15) is 4.79 Å². The van der Waals surface area contributed by atoms with Gasteiger partial charge in [0.1, 0.15) is 6.54 Å². The van der Waals surface area contributed by atoms with Crippen molar-refractivity contribution in [1.82, 2.24) is 4.90 Å². The minimum atomic E-state index is 0.109. The van der Waals surface area contributed by atoms with Crippen LogP contribution in [0.1, 0.15) is 39.5 Å². The predicted molar refractivity (Wildman–Crippen MR) is 52.0 cm³/mol. The van der Waals surface area contributed by atoms with Gasteiger partial charge < -0.3 is 4.90 Å². The number of rotatable bonds is 6. The highest BCUT2D eigenvalue weighted by Crippen LogP contribution is 2.02. The number of carbonyl (C=O) groups is 1. The van der Waals surface area contributed by atoms with Crippen LogP contribution in [0.3, 0.4) is 0 Å². The van der Waals surface area contributed by atoms with Gasteiger partial charge in [0.25, 0.3) is 0 Å². The summed E-state index contributed by atoms with van der Waals surface area (Å²) in [6, 6.07) is 2.00. The fourth-order valence-electron chi connectivity index (χ4n) is 1.15. The van der Waals surface area contributed by atoms with Crippen LogP contribution in [0.5, 0.6) is 0 Å². The molecule has 0 aliphatic rings. The minimum Gasteiger partial charge on any atom is -0.330 e. The summed E-state index contributed by atoms with van der Waals surface area (Å²) in [7, 11) is 0. The lowest BCUT2D eigenvalue weighted by Gasteiger charge is -2.16. The average Bonchev–Trinajstić information content (AvgIpc) is 2.14. The third-order valence-corrected chi connectivity index (χ3v) is 1.99. The van der Waals surface area contributed by atoms with Gasteiger partial charge in [-0.1, -0.05) is 19.8 Å². The molecule has 0 saturated carbocycles. The second-order valence-corrected chi connectivity index (χ2v) is 3.02. The first kappa shape index (κ1) is 12.0. The van der Waals surface area contributed by atoms with Gasteiger partial charge >= 0.3 is 0 Å². The van der Waals surface area contributed by atoms with Crippen molar-refractivity contribution in [2.45, 2.75) is 39.5 Å². The summed E-state index contributed by atoms with van der Waals surface area (Å²) in [6.07, 6.45) is 3.74. The topological polar surface area (TPSA) is 44.1 Å². The van der Waals surface area contributed by atoms with E-state index in [1.54, 1.807) is 4.90 Å². The zero-order chi connectivity index (χ0) is 10.1. The molecule has 13 heavy (non-hydrogen) atoms. The van der Waals surface area contributed by atoms with E-state index < -0.39 is 0 Å². The number of amides is 1. The summed E-state index contributed by atoms with van der Waals surface area (Å²) >= 11 is 0.